The quantitative estimate of drug-likeness (QED) is 0.939. The highest BCUT2D eigenvalue weighted by Crippen LogP contribution is 2.19. The Hall–Kier alpha value is -0.870. The molecule has 3 nitrogen and oxygen atoms in total. The zero-order valence-electron chi connectivity index (χ0n) is 10.5. The monoisotopic (exact) mass is 295 g/mol. The largest absolute Gasteiger partial charge is 0.330 e. The Bertz CT molecular complexity index is 517. The predicted octanol–water partition coefficient (Wildman–Crippen LogP) is 3.08. The van der Waals surface area contributed by atoms with Gasteiger partial charge in [-0.1, -0.05) is 29.8 Å². The molecule has 0 aliphatic carbocycles. The highest BCUT2D eigenvalue weighted by atomic mass is 79.9. The average molecular weight is 296 g/mol. The minimum absolute atomic E-state index is 0.666. The lowest BCUT2D eigenvalue weighted by molar-refractivity contribution is 0.538. The van der Waals surface area contributed by atoms with E-state index in [9.17, 15) is 0 Å². The number of hydrogen-bond donors (Lipinski definition) is 1. The number of halogens is 1. The maximum atomic E-state index is 4.64. The molecule has 92 valence electrons. The lowest BCUT2D eigenvalue weighted by atomic mass is 10.2. The summed E-state index contributed by atoms with van der Waals surface area (Å²) in [5, 5.41) is 3.42. The second-order valence-corrected chi connectivity index (χ2v) is 5.66. The van der Waals surface area contributed by atoms with Crippen molar-refractivity contribution in [1.29, 1.82) is 0 Å². The van der Waals surface area contributed by atoms with Gasteiger partial charge in [0, 0.05) is 11.5 Å². The van der Waals surface area contributed by atoms with Crippen LogP contribution in [0.5, 0.6) is 0 Å². The van der Waals surface area contributed by atoms with Gasteiger partial charge in [-0.2, -0.15) is 0 Å². The second-order valence-electron chi connectivity index (χ2n) is 4.74. The first kappa shape index (κ1) is 12.6. The topological polar surface area (TPSA) is 29.9 Å². The van der Waals surface area contributed by atoms with E-state index in [1.807, 2.05) is 0 Å². The van der Waals surface area contributed by atoms with Gasteiger partial charge in [0.2, 0.25) is 0 Å². The Morgan fingerprint density at radius 2 is 2.18 bits per heavy atom. The molecule has 0 unspecified atom stereocenters. The third-order valence-corrected chi connectivity index (χ3v) is 3.26. The molecule has 0 aliphatic rings. The van der Waals surface area contributed by atoms with Crippen LogP contribution in [0, 0.1) is 5.92 Å². The van der Waals surface area contributed by atoms with Crippen molar-refractivity contribution in [3.63, 3.8) is 0 Å². The van der Waals surface area contributed by atoms with Crippen LogP contribution in [-0.4, -0.2) is 16.1 Å². The molecule has 0 spiro atoms. The van der Waals surface area contributed by atoms with E-state index in [0.717, 1.165) is 28.9 Å². The lowest BCUT2D eigenvalue weighted by Gasteiger charge is -2.07. The number of nitrogens with zero attached hydrogens (tertiary/aromatic N) is 2. The van der Waals surface area contributed by atoms with Gasteiger partial charge in [0.05, 0.1) is 17.6 Å². The van der Waals surface area contributed by atoms with Crippen molar-refractivity contribution in [3.8, 4) is 0 Å². The van der Waals surface area contributed by atoms with Crippen molar-refractivity contribution in [3.05, 3.63) is 28.5 Å². The maximum absolute atomic E-state index is 4.64. The van der Waals surface area contributed by atoms with Gasteiger partial charge in [-0.25, -0.2) is 4.98 Å². The molecule has 1 aromatic heterocycles. The molecule has 17 heavy (non-hydrogen) atoms. The van der Waals surface area contributed by atoms with E-state index in [0.29, 0.717) is 5.92 Å². The second kappa shape index (κ2) is 5.19. The molecule has 2 rings (SSSR count). The van der Waals surface area contributed by atoms with Crippen LogP contribution in [-0.2, 0) is 13.6 Å². The van der Waals surface area contributed by atoms with E-state index >= 15 is 0 Å². The molecule has 4 heteroatoms. The molecule has 0 saturated carbocycles. The van der Waals surface area contributed by atoms with Crippen molar-refractivity contribution in [2.45, 2.75) is 20.4 Å². The van der Waals surface area contributed by atoms with Crippen molar-refractivity contribution in [1.82, 2.24) is 14.9 Å². The number of benzene rings is 1. The van der Waals surface area contributed by atoms with E-state index in [2.05, 4.69) is 69.9 Å². The number of hydrogen-bond acceptors (Lipinski definition) is 2. The molecule has 0 fully saturated rings. The van der Waals surface area contributed by atoms with Crippen molar-refractivity contribution >= 4 is 27.0 Å². The summed E-state index contributed by atoms with van der Waals surface area (Å²) in [7, 11) is 2.07. The van der Waals surface area contributed by atoms with E-state index in [-0.39, 0.29) is 0 Å². The first-order valence-corrected chi connectivity index (χ1v) is 6.69. The zero-order valence-corrected chi connectivity index (χ0v) is 12.1. The van der Waals surface area contributed by atoms with E-state index in [1.54, 1.807) is 0 Å². The maximum Gasteiger partial charge on any atom is 0.123 e. The number of aromatic nitrogens is 2. The summed E-state index contributed by atoms with van der Waals surface area (Å²) in [5.41, 5.74) is 2.22. The molecule has 0 saturated heterocycles. The number of fused-ring (bicyclic) bond motifs is 1. The molecular formula is C13H18BrN3. The molecule has 0 bridgehead atoms. The first-order chi connectivity index (χ1) is 8.08. The smallest absolute Gasteiger partial charge is 0.123 e. The molecule has 0 amide bonds. The van der Waals surface area contributed by atoms with Crippen LogP contribution in [0.2, 0.25) is 0 Å². The highest BCUT2D eigenvalue weighted by molar-refractivity contribution is 9.10. The fourth-order valence-corrected chi connectivity index (χ4v) is 2.20. The van der Waals surface area contributed by atoms with Crippen LogP contribution in [0.3, 0.4) is 0 Å². The van der Waals surface area contributed by atoms with Gasteiger partial charge in [0.1, 0.15) is 5.82 Å². The van der Waals surface area contributed by atoms with Crippen molar-refractivity contribution in [2.75, 3.05) is 6.54 Å². The third kappa shape index (κ3) is 2.87. The highest BCUT2D eigenvalue weighted by Gasteiger charge is 2.07. The summed E-state index contributed by atoms with van der Waals surface area (Å²) < 4.78 is 3.22. The Kier molecular flexibility index (Phi) is 3.84. The first-order valence-electron chi connectivity index (χ1n) is 5.89. The van der Waals surface area contributed by atoms with Gasteiger partial charge in [0.25, 0.3) is 0 Å². The molecule has 1 N–H and O–H groups in total. The van der Waals surface area contributed by atoms with Crippen LogP contribution in [0.15, 0.2) is 22.7 Å². The summed E-state index contributed by atoms with van der Waals surface area (Å²) in [6, 6.07) is 6.20. The molecular weight excluding hydrogens is 278 g/mol. The molecule has 0 radical (unpaired) electrons. The summed E-state index contributed by atoms with van der Waals surface area (Å²) in [6.07, 6.45) is 0. The standard InChI is InChI=1S/C13H18BrN3/c1-9(2)7-15-8-13-16-11-6-10(14)4-5-12(11)17(13)3/h4-6,9,15H,7-8H2,1-3H3. The van der Waals surface area contributed by atoms with E-state index < -0.39 is 0 Å². The molecule has 0 atom stereocenters. The SMILES string of the molecule is CC(C)CNCc1nc2cc(Br)ccc2n1C. The van der Waals surface area contributed by atoms with Gasteiger partial charge < -0.3 is 9.88 Å². The van der Waals surface area contributed by atoms with Crippen LogP contribution < -0.4 is 5.32 Å². The van der Waals surface area contributed by atoms with Crippen LogP contribution >= 0.6 is 15.9 Å². The lowest BCUT2D eigenvalue weighted by Crippen LogP contribution is -2.20. The molecule has 0 aliphatic heterocycles. The molecule has 1 heterocycles. The normalized spacial score (nSPS) is 11.6. The average Bonchev–Trinajstić information content (AvgIpc) is 2.55. The number of nitrogens with one attached hydrogen (secondary N) is 1. The van der Waals surface area contributed by atoms with Gasteiger partial charge in [-0.15, -0.1) is 0 Å². The summed E-state index contributed by atoms with van der Waals surface area (Å²) in [5.74, 6) is 1.75. The van der Waals surface area contributed by atoms with Gasteiger partial charge in [0.15, 0.2) is 0 Å². The summed E-state index contributed by atoms with van der Waals surface area (Å²) >= 11 is 3.47. The summed E-state index contributed by atoms with van der Waals surface area (Å²) in [4.78, 5) is 4.64. The zero-order chi connectivity index (χ0) is 12.4. The van der Waals surface area contributed by atoms with Crippen molar-refractivity contribution in [2.24, 2.45) is 13.0 Å². The minimum Gasteiger partial charge on any atom is -0.330 e. The van der Waals surface area contributed by atoms with E-state index in [4.69, 9.17) is 0 Å². The fourth-order valence-electron chi connectivity index (χ4n) is 1.85. The Balaban J connectivity index is 2.20. The number of aryl methyl sites for hydroxylation is 1. The van der Waals surface area contributed by atoms with Gasteiger partial charge in [-0.3, -0.25) is 0 Å². The van der Waals surface area contributed by atoms with Crippen molar-refractivity contribution < 1.29 is 0 Å². The van der Waals surface area contributed by atoms with E-state index in [1.165, 1.54) is 5.52 Å². The summed E-state index contributed by atoms with van der Waals surface area (Å²) in [6.45, 7) is 6.26. The molecule has 1 aromatic carbocycles. The number of imidazole rings is 1. The van der Waals surface area contributed by atoms with Crippen LogP contribution in [0.4, 0.5) is 0 Å². The fraction of sp³-hybridized carbons (Fsp3) is 0.462. The van der Waals surface area contributed by atoms with Crippen LogP contribution in [0.1, 0.15) is 19.7 Å². The Morgan fingerprint density at radius 3 is 2.88 bits per heavy atom. The third-order valence-electron chi connectivity index (χ3n) is 2.77. The van der Waals surface area contributed by atoms with Gasteiger partial charge >= 0.3 is 0 Å². The number of rotatable bonds is 4. The molecule has 2 aromatic rings. The Labute approximate surface area is 110 Å². The minimum atomic E-state index is 0.666. The van der Waals surface area contributed by atoms with Crippen LogP contribution in [0.25, 0.3) is 11.0 Å². The Morgan fingerprint density at radius 1 is 1.41 bits per heavy atom. The van der Waals surface area contributed by atoms with Gasteiger partial charge in [-0.05, 0) is 30.7 Å². The predicted molar refractivity (Wildman–Crippen MR) is 75.0 cm³/mol.